The van der Waals surface area contributed by atoms with Gasteiger partial charge in [0, 0.05) is 12.1 Å². The molecule has 0 fully saturated rings. The second-order valence-electron chi connectivity index (χ2n) is 5.35. The van der Waals surface area contributed by atoms with E-state index in [1.165, 1.54) is 6.08 Å². The fraction of sp³-hybridized carbons (Fsp3) is 0.294. The van der Waals surface area contributed by atoms with Gasteiger partial charge >= 0.3 is 0 Å². The van der Waals surface area contributed by atoms with E-state index >= 15 is 0 Å². The highest BCUT2D eigenvalue weighted by Crippen LogP contribution is 2.32. The van der Waals surface area contributed by atoms with Crippen LogP contribution in [-0.4, -0.2) is 22.5 Å². The summed E-state index contributed by atoms with van der Waals surface area (Å²) >= 11 is 0. The Morgan fingerprint density at radius 2 is 2.22 bits per heavy atom. The predicted octanol–water partition coefficient (Wildman–Crippen LogP) is 3.23. The van der Waals surface area contributed by atoms with Gasteiger partial charge in [-0.05, 0) is 37.1 Å². The van der Waals surface area contributed by atoms with Crippen LogP contribution in [0.1, 0.15) is 31.9 Å². The van der Waals surface area contributed by atoms with Crippen molar-refractivity contribution in [3.8, 4) is 11.5 Å². The molecule has 0 radical (unpaired) electrons. The van der Waals surface area contributed by atoms with Gasteiger partial charge in [-0.3, -0.25) is 4.79 Å². The third kappa shape index (κ3) is 3.36. The maximum absolute atomic E-state index is 12.1. The fourth-order valence-corrected chi connectivity index (χ4v) is 2.29. The molecule has 6 nitrogen and oxygen atoms in total. The van der Waals surface area contributed by atoms with Crippen molar-refractivity contribution in [1.82, 2.24) is 9.78 Å². The Balaban J connectivity index is 1.66. The number of nitrogens with one attached hydrogen (secondary N) is 1. The van der Waals surface area contributed by atoms with Gasteiger partial charge in [0.15, 0.2) is 11.5 Å². The zero-order valence-corrected chi connectivity index (χ0v) is 13.2. The second-order valence-corrected chi connectivity index (χ2v) is 5.35. The van der Waals surface area contributed by atoms with Crippen molar-refractivity contribution in [3.05, 3.63) is 42.1 Å². The number of rotatable bonds is 5. The zero-order chi connectivity index (χ0) is 16.2. The Labute approximate surface area is 134 Å². The molecule has 0 bridgehead atoms. The van der Waals surface area contributed by atoms with Crippen LogP contribution in [-0.2, 0) is 4.79 Å². The lowest BCUT2D eigenvalue weighted by atomic mass is 10.2. The standard InChI is InChI=1S/C17H19N3O3/c1-3-12(2)20-16(8-9-18-20)19-17(21)7-5-13-4-6-14-15(10-13)23-11-22-14/h4-10,12H,3,11H2,1-2H3,(H,19,21)/b7-5+. The minimum atomic E-state index is -0.201. The van der Waals surface area contributed by atoms with E-state index in [9.17, 15) is 4.79 Å². The third-order valence-electron chi connectivity index (χ3n) is 3.75. The van der Waals surface area contributed by atoms with Gasteiger partial charge in [0.05, 0.1) is 12.2 Å². The van der Waals surface area contributed by atoms with E-state index in [0.717, 1.165) is 17.7 Å². The van der Waals surface area contributed by atoms with E-state index in [1.54, 1.807) is 18.3 Å². The van der Waals surface area contributed by atoms with E-state index in [4.69, 9.17) is 9.47 Å². The summed E-state index contributed by atoms with van der Waals surface area (Å²) in [5.41, 5.74) is 0.875. The van der Waals surface area contributed by atoms with Crippen LogP contribution >= 0.6 is 0 Å². The molecule has 1 aromatic heterocycles. The Hall–Kier alpha value is -2.76. The molecule has 2 heterocycles. The molecule has 23 heavy (non-hydrogen) atoms. The number of carbonyl (C=O) groups is 1. The molecule has 1 atom stereocenters. The van der Waals surface area contributed by atoms with Gasteiger partial charge in [0.1, 0.15) is 5.82 Å². The van der Waals surface area contributed by atoms with Crippen molar-refractivity contribution >= 4 is 17.8 Å². The zero-order valence-electron chi connectivity index (χ0n) is 13.2. The maximum atomic E-state index is 12.1. The SMILES string of the molecule is CCC(C)n1nccc1NC(=O)/C=C/c1ccc2c(c1)OCO2. The molecule has 0 saturated carbocycles. The highest BCUT2D eigenvalue weighted by atomic mass is 16.7. The van der Waals surface area contributed by atoms with Crippen LogP contribution in [0.4, 0.5) is 5.82 Å². The summed E-state index contributed by atoms with van der Waals surface area (Å²) in [5.74, 6) is 1.92. The van der Waals surface area contributed by atoms with Crippen molar-refractivity contribution in [1.29, 1.82) is 0 Å². The van der Waals surface area contributed by atoms with Crippen LogP contribution in [0.15, 0.2) is 36.5 Å². The van der Waals surface area contributed by atoms with Gasteiger partial charge < -0.3 is 14.8 Å². The molecule has 1 aromatic carbocycles. The van der Waals surface area contributed by atoms with Crippen LogP contribution < -0.4 is 14.8 Å². The average Bonchev–Trinajstić information content (AvgIpc) is 3.20. The molecule has 0 aliphatic carbocycles. The lowest BCUT2D eigenvalue weighted by Gasteiger charge is -2.13. The van der Waals surface area contributed by atoms with Gasteiger partial charge in [-0.15, -0.1) is 0 Å². The Morgan fingerprint density at radius 1 is 1.39 bits per heavy atom. The molecule has 3 rings (SSSR count). The smallest absolute Gasteiger partial charge is 0.249 e. The van der Waals surface area contributed by atoms with Gasteiger partial charge in [0.25, 0.3) is 0 Å². The van der Waals surface area contributed by atoms with Crippen LogP contribution in [0.5, 0.6) is 11.5 Å². The van der Waals surface area contributed by atoms with Crippen LogP contribution in [0, 0.1) is 0 Å². The normalized spacial score (nSPS) is 14.2. The quantitative estimate of drug-likeness (QED) is 0.861. The van der Waals surface area contributed by atoms with Crippen LogP contribution in [0.3, 0.4) is 0 Å². The molecule has 120 valence electrons. The first kappa shape index (κ1) is 15.1. The summed E-state index contributed by atoms with van der Waals surface area (Å²) in [6.07, 6.45) is 5.85. The van der Waals surface area contributed by atoms with Crippen molar-refractivity contribution in [2.24, 2.45) is 0 Å². The lowest BCUT2D eigenvalue weighted by molar-refractivity contribution is -0.111. The number of amides is 1. The Kier molecular flexibility index (Phi) is 4.32. The first-order chi connectivity index (χ1) is 11.2. The number of nitrogens with zero attached hydrogens (tertiary/aromatic N) is 2. The Bertz CT molecular complexity index is 736. The molecule has 1 N–H and O–H groups in total. The van der Waals surface area contributed by atoms with Gasteiger partial charge in [0.2, 0.25) is 12.7 Å². The van der Waals surface area contributed by atoms with E-state index < -0.39 is 0 Å². The monoisotopic (exact) mass is 313 g/mol. The highest BCUT2D eigenvalue weighted by molar-refractivity contribution is 6.01. The van der Waals surface area contributed by atoms with Gasteiger partial charge in [-0.2, -0.15) is 5.10 Å². The number of aromatic nitrogens is 2. The molecule has 1 aliphatic heterocycles. The molecule has 1 aliphatic rings. The summed E-state index contributed by atoms with van der Waals surface area (Å²) in [4.78, 5) is 12.1. The molecular formula is C17H19N3O3. The molecule has 1 amide bonds. The maximum Gasteiger partial charge on any atom is 0.249 e. The molecule has 6 heteroatoms. The van der Waals surface area contributed by atoms with E-state index in [2.05, 4.69) is 24.3 Å². The molecule has 2 aromatic rings. The van der Waals surface area contributed by atoms with E-state index in [0.29, 0.717) is 11.6 Å². The third-order valence-corrected chi connectivity index (χ3v) is 3.75. The van der Waals surface area contributed by atoms with Gasteiger partial charge in [-0.1, -0.05) is 13.0 Å². The minimum absolute atomic E-state index is 0.201. The van der Waals surface area contributed by atoms with Crippen molar-refractivity contribution in [2.45, 2.75) is 26.3 Å². The molecule has 0 saturated heterocycles. The molecular weight excluding hydrogens is 294 g/mol. The summed E-state index contributed by atoms with van der Waals surface area (Å²) in [6, 6.07) is 7.57. The minimum Gasteiger partial charge on any atom is -0.454 e. The summed E-state index contributed by atoms with van der Waals surface area (Å²) in [6.45, 7) is 4.38. The number of hydrogen-bond acceptors (Lipinski definition) is 4. The fourth-order valence-electron chi connectivity index (χ4n) is 2.29. The van der Waals surface area contributed by atoms with Crippen molar-refractivity contribution in [3.63, 3.8) is 0 Å². The number of ether oxygens (including phenoxy) is 2. The first-order valence-electron chi connectivity index (χ1n) is 7.59. The summed E-state index contributed by atoms with van der Waals surface area (Å²) < 4.78 is 12.4. The molecule has 1 unspecified atom stereocenters. The number of anilines is 1. The largest absolute Gasteiger partial charge is 0.454 e. The highest BCUT2D eigenvalue weighted by Gasteiger charge is 2.13. The lowest BCUT2D eigenvalue weighted by Crippen LogP contribution is -2.15. The average molecular weight is 313 g/mol. The number of carbonyl (C=O) groups excluding carboxylic acids is 1. The Morgan fingerprint density at radius 3 is 3.04 bits per heavy atom. The van der Waals surface area contributed by atoms with E-state index in [-0.39, 0.29) is 18.7 Å². The molecule has 0 spiro atoms. The van der Waals surface area contributed by atoms with Crippen molar-refractivity contribution in [2.75, 3.05) is 12.1 Å². The van der Waals surface area contributed by atoms with Gasteiger partial charge in [-0.25, -0.2) is 4.68 Å². The van der Waals surface area contributed by atoms with Crippen molar-refractivity contribution < 1.29 is 14.3 Å². The summed E-state index contributed by atoms with van der Waals surface area (Å²) in [5, 5.41) is 7.09. The number of fused-ring (bicyclic) bond motifs is 1. The van der Waals surface area contributed by atoms with Crippen LogP contribution in [0.2, 0.25) is 0 Å². The topological polar surface area (TPSA) is 65.4 Å². The van der Waals surface area contributed by atoms with Crippen LogP contribution in [0.25, 0.3) is 6.08 Å². The second kappa shape index (κ2) is 6.56. The first-order valence-corrected chi connectivity index (χ1v) is 7.59. The number of benzene rings is 1. The predicted molar refractivity (Wildman–Crippen MR) is 87.5 cm³/mol. The number of hydrogen-bond donors (Lipinski definition) is 1. The summed E-state index contributed by atoms with van der Waals surface area (Å²) in [7, 11) is 0. The van der Waals surface area contributed by atoms with E-state index in [1.807, 2.05) is 22.9 Å².